The standard InChI is InChI=1S/C19H27F4N3/c1-24-8-10-25(11-9-24)12-15-4-3-7-26(13-15)14-16-5-2-6-17(20)18(16)19(21,22)23/h2,5-6,15H,3-4,7-14H2,1H3. The highest BCUT2D eigenvalue weighted by molar-refractivity contribution is 5.31. The van der Waals surface area contributed by atoms with Gasteiger partial charge in [0.05, 0.1) is 5.56 Å². The van der Waals surface area contributed by atoms with E-state index >= 15 is 0 Å². The zero-order chi connectivity index (χ0) is 18.7. The summed E-state index contributed by atoms with van der Waals surface area (Å²) in [6, 6.07) is 3.65. The number of hydrogen-bond donors (Lipinski definition) is 0. The van der Waals surface area contributed by atoms with Crippen LogP contribution >= 0.6 is 0 Å². The Labute approximate surface area is 152 Å². The third-order valence-electron chi connectivity index (χ3n) is 5.49. The molecule has 0 aromatic heterocycles. The lowest BCUT2D eigenvalue weighted by Gasteiger charge is -2.38. The molecule has 0 saturated carbocycles. The first-order chi connectivity index (χ1) is 12.3. The Hall–Kier alpha value is -1.18. The average molecular weight is 373 g/mol. The lowest BCUT2D eigenvalue weighted by molar-refractivity contribution is -0.140. The summed E-state index contributed by atoms with van der Waals surface area (Å²) < 4.78 is 53.4. The molecule has 0 N–H and O–H groups in total. The zero-order valence-electron chi connectivity index (χ0n) is 15.2. The first-order valence-electron chi connectivity index (χ1n) is 9.31. The molecule has 0 spiro atoms. The maximum absolute atomic E-state index is 13.8. The fourth-order valence-electron chi connectivity index (χ4n) is 4.10. The number of likely N-dealkylation sites (N-methyl/N-ethyl adjacent to an activating group) is 1. The fourth-order valence-corrected chi connectivity index (χ4v) is 4.10. The largest absolute Gasteiger partial charge is 0.419 e. The van der Waals surface area contributed by atoms with Crippen LogP contribution in [-0.4, -0.2) is 67.6 Å². The fraction of sp³-hybridized carbons (Fsp3) is 0.684. The van der Waals surface area contributed by atoms with Crippen LogP contribution in [0.4, 0.5) is 17.6 Å². The molecule has 0 amide bonds. The summed E-state index contributed by atoms with van der Waals surface area (Å²) in [6.45, 7) is 6.94. The maximum atomic E-state index is 13.8. The van der Waals surface area contributed by atoms with Crippen molar-refractivity contribution in [2.75, 3.05) is 52.9 Å². The number of rotatable bonds is 4. The molecule has 146 valence electrons. The molecule has 7 heteroatoms. The van der Waals surface area contributed by atoms with Crippen LogP contribution in [-0.2, 0) is 12.7 Å². The van der Waals surface area contributed by atoms with Gasteiger partial charge in [0.25, 0.3) is 0 Å². The van der Waals surface area contributed by atoms with Crippen molar-refractivity contribution >= 4 is 0 Å². The van der Waals surface area contributed by atoms with E-state index in [1.807, 2.05) is 4.90 Å². The third kappa shape index (κ3) is 4.96. The highest BCUT2D eigenvalue weighted by atomic mass is 19.4. The topological polar surface area (TPSA) is 9.72 Å². The van der Waals surface area contributed by atoms with Crippen LogP contribution in [0.1, 0.15) is 24.0 Å². The summed E-state index contributed by atoms with van der Waals surface area (Å²) in [5, 5.41) is 0. The van der Waals surface area contributed by atoms with E-state index < -0.39 is 17.6 Å². The van der Waals surface area contributed by atoms with E-state index in [1.54, 1.807) is 0 Å². The van der Waals surface area contributed by atoms with Gasteiger partial charge in [-0.15, -0.1) is 0 Å². The number of benzene rings is 1. The molecule has 2 heterocycles. The first kappa shape index (κ1) is 19.6. The minimum atomic E-state index is -4.66. The van der Waals surface area contributed by atoms with Crippen LogP contribution in [0.3, 0.4) is 0 Å². The molecule has 1 atom stereocenters. The Kier molecular flexibility index (Phi) is 6.20. The molecule has 26 heavy (non-hydrogen) atoms. The SMILES string of the molecule is CN1CCN(CC2CCCN(Cc3cccc(F)c3C(F)(F)F)C2)CC1. The first-order valence-corrected chi connectivity index (χ1v) is 9.31. The number of alkyl halides is 3. The van der Waals surface area contributed by atoms with Gasteiger partial charge in [-0.05, 0) is 44.0 Å². The van der Waals surface area contributed by atoms with Gasteiger partial charge in [0.1, 0.15) is 5.82 Å². The molecular weight excluding hydrogens is 346 g/mol. The predicted octanol–water partition coefficient (Wildman–Crippen LogP) is 3.30. The highest BCUT2D eigenvalue weighted by Crippen LogP contribution is 2.35. The summed E-state index contributed by atoms with van der Waals surface area (Å²) in [5.74, 6) is -0.712. The van der Waals surface area contributed by atoms with Crippen molar-refractivity contribution in [3.05, 3.63) is 35.1 Å². The number of halogens is 4. The quantitative estimate of drug-likeness (QED) is 0.750. The maximum Gasteiger partial charge on any atom is 0.419 e. The van der Waals surface area contributed by atoms with Crippen LogP contribution in [0.25, 0.3) is 0 Å². The number of likely N-dealkylation sites (tertiary alicyclic amines) is 1. The van der Waals surface area contributed by atoms with Crippen LogP contribution in [0, 0.1) is 11.7 Å². The second-order valence-electron chi connectivity index (χ2n) is 7.62. The molecule has 2 saturated heterocycles. The van der Waals surface area contributed by atoms with Crippen LogP contribution in [0.2, 0.25) is 0 Å². The number of nitrogens with zero attached hydrogens (tertiary/aromatic N) is 3. The molecular formula is C19H27F4N3. The molecule has 2 aliphatic heterocycles. The number of hydrogen-bond acceptors (Lipinski definition) is 3. The lowest BCUT2D eigenvalue weighted by atomic mass is 9.96. The van der Waals surface area contributed by atoms with Crippen molar-refractivity contribution in [1.82, 2.24) is 14.7 Å². The van der Waals surface area contributed by atoms with Crippen LogP contribution < -0.4 is 0 Å². The molecule has 2 aliphatic rings. The van der Waals surface area contributed by atoms with Crippen molar-refractivity contribution in [2.45, 2.75) is 25.6 Å². The normalized spacial score (nSPS) is 24.1. The van der Waals surface area contributed by atoms with E-state index in [4.69, 9.17) is 0 Å². The van der Waals surface area contributed by atoms with Crippen molar-refractivity contribution in [3.8, 4) is 0 Å². The number of piperidine rings is 1. The van der Waals surface area contributed by atoms with Crippen molar-refractivity contribution in [1.29, 1.82) is 0 Å². The van der Waals surface area contributed by atoms with Gasteiger partial charge in [0.15, 0.2) is 0 Å². The van der Waals surface area contributed by atoms with E-state index in [2.05, 4.69) is 16.8 Å². The van der Waals surface area contributed by atoms with Gasteiger partial charge in [-0.3, -0.25) is 4.90 Å². The Morgan fingerprint density at radius 3 is 2.46 bits per heavy atom. The van der Waals surface area contributed by atoms with Crippen LogP contribution in [0.15, 0.2) is 18.2 Å². The molecule has 1 aromatic rings. The summed E-state index contributed by atoms with van der Waals surface area (Å²) in [7, 11) is 2.12. The summed E-state index contributed by atoms with van der Waals surface area (Å²) >= 11 is 0. The second kappa shape index (κ2) is 8.23. The lowest BCUT2D eigenvalue weighted by Crippen LogP contribution is -2.48. The minimum Gasteiger partial charge on any atom is -0.304 e. The average Bonchev–Trinajstić information content (AvgIpc) is 2.56. The number of piperazine rings is 1. The van der Waals surface area contributed by atoms with Crippen molar-refractivity contribution in [3.63, 3.8) is 0 Å². The predicted molar refractivity (Wildman–Crippen MR) is 93.3 cm³/mol. The van der Waals surface area contributed by atoms with Gasteiger partial charge in [-0.1, -0.05) is 12.1 Å². The van der Waals surface area contributed by atoms with E-state index in [0.717, 1.165) is 64.7 Å². The molecule has 0 bridgehead atoms. The molecule has 1 aromatic carbocycles. The van der Waals surface area contributed by atoms with Gasteiger partial charge < -0.3 is 9.80 Å². The van der Waals surface area contributed by atoms with Crippen molar-refractivity contribution in [2.24, 2.45) is 5.92 Å². The Morgan fingerprint density at radius 2 is 1.77 bits per heavy atom. The Bertz CT molecular complexity index is 597. The molecule has 0 radical (unpaired) electrons. The summed E-state index contributed by atoms with van der Waals surface area (Å²) in [5.41, 5.74) is -1.07. The Balaban J connectivity index is 1.61. The third-order valence-corrected chi connectivity index (χ3v) is 5.49. The molecule has 3 nitrogen and oxygen atoms in total. The van der Waals surface area contributed by atoms with Gasteiger partial charge in [-0.25, -0.2) is 4.39 Å². The van der Waals surface area contributed by atoms with Gasteiger partial charge >= 0.3 is 6.18 Å². The molecule has 1 unspecified atom stereocenters. The van der Waals surface area contributed by atoms with Gasteiger partial charge in [-0.2, -0.15) is 13.2 Å². The smallest absolute Gasteiger partial charge is 0.304 e. The molecule has 0 aliphatic carbocycles. The minimum absolute atomic E-state index is 0.0396. The van der Waals surface area contributed by atoms with E-state index in [9.17, 15) is 17.6 Å². The van der Waals surface area contributed by atoms with Gasteiger partial charge in [0, 0.05) is 45.8 Å². The monoisotopic (exact) mass is 373 g/mol. The molecule has 2 fully saturated rings. The highest BCUT2D eigenvalue weighted by Gasteiger charge is 2.37. The van der Waals surface area contributed by atoms with E-state index in [0.29, 0.717) is 5.92 Å². The van der Waals surface area contributed by atoms with Gasteiger partial charge in [0.2, 0.25) is 0 Å². The van der Waals surface area contributed by atoms with Crippen molar-refractivity contribution < 1.29 is 17.6 Å². The Morgan fingerprint density at radius 1 is 1.04 bits per heavy atom. The summed E-state index contributed by atoms with van der Waals surface area (Å²) in [6.07, 6.45) is -2.57. The summed E-state index contributed by atoms with van der Waals surface area (Å²) in [4.78, 5) is 6.82. The molecule has 3 rings (SSSR count). The van der Waals surface area contributed by atoms with Crippen LogP contribution in [0.5, 0.6) is 0 Å². The second-order valence-corrected chi connectivity index (χ2v) is 7.62. The van der Waals surface area contributed by atoms with E-state index in [-0.39, 0.29) is 12.1 Å². The zero-order valence-corrected chi connectivity index (χ0v) is 15.2. The van der Waals surface area contributed by atoms with E-state index in [1.165, 1.54) is 12.1 Å².